The molecule has 3 nitrogen and oxygen atoms in total. The SMILES string of the molecule is C=C(CC1(c2ccccc2)CO1)C(=O)OC. The maximum absolute atomic E-state index is 11.3. The summed E-state index contributed by atoms with van der Waals surface area (Å²) in [6.07, 6.45) is 0.490. The minimum absolute atomic E-state index is 0.355. The van der Waals surface area contributed by atoms with Crippen LogP contribution in [0, 0.1) is 0 Å². The van der Waals surface area contributed by atoms with Crippen molar-refractivity contribution in [2.24, 2.45) is 0 Å². The van der Waals surface area contributed by atoms with Crippen LogP contribution in [0.1, 0.15) is 12.0 Å². The predicted octanol–water partition coefficient (Wildman–Crippen LogP) is 2.03. The number of hydrogen-bond donors (Lipinski definition) is 0. The molecule has 0 radical (unpaired) electrons. The number of epoxide rings is 1. The third-order valence-electron chi connectivity index (χ3n) is 2.77. The Bertz CT molecular complexity index is 404. The molecule has 1 fully saturated rings. The van der Waals surface area contributed by atoms with Gasteiger partial charge >= 0.3 is 5.97 Å². The minimum atomic E-state index is -0.370. The summed E-state index contributed by atoms with van der Waals surface area (Å²) >= 11 is 0. The van der Waals surface area contributed by atoms with Crippen LogP contribution in [-0.2, 0) is 19.9 Å². The van der Waals surface area contributed by atoms with Crippen LogP contribution in [-0.4, -0.2) is 19.7 Å². The van der Waals surface area contributed by atoms with Crippen molar-refractivity contribution >= 4 is 5.97 Å². The molecule has 0 N–H and O–H groups in total. The molecule has 1 aromatic carbocycles. The van der Waals surface area contributed by atoms with E-state index in [-0.39, 0.29) is 11.6 Å². The van der Waals surface area contributed by atoms with Crippen LogP contribution in [0.2, 0.25) is 0 Å². The van der Waals surface area contributed by atoms with Crippen molar-refractivity contribution in [1.29, 1.82) is 0 Å². The van der Waals surface area contributed by atoms with Gasteiger partial charge in [0.1, 0.15) is 5.60 Å². The largest absolute Gasteiger partial charge is 0.466 e. The Balaban J connectivity index is 2.11. The molecule has 0 spiro atoms. The molecule has 0 saturated carbocycles. The molecule has 0 aromatic heterocycles. The fourth-order valence-corrected chi connectivity index (χ4v) is 1.76. The Kier molecular flexibility index (Phi) is 2.79. The van der Waals surface area contributed by atoms with Gasteiger partial charge in [-0.25, -0.2) is 4.79 Å². The Morgan fingerprint density at radius 1 is 1.50 bits per heavy atom. The number of benzene rings is 1. The molecule has 1 atom stereocenters. The van der Waals surface area contributed by atoms with E-state index < -0.39 is 0 Å². The van der Waals surface area contributed by atoms with E-state index in [0.29, 0.717) is 18.6 Å². The van der Waals surface area contributed by atoms with Crippen molar-refractivity contribution in [2.75, 3.05) is 13.7 Å². The van der Waals surface area contributed by atoms with Gasteiger partial charge in [0.2, 0.25) is 0 Å². The highest BCUT2D eigenvalue weighted by atomic mass is 16.6. The molecule has 1 aliphatic rings. The standard InChI is InChI=1S/C13H14O3/c1-10(12(14)15-2)8-13(9-16-13)11-6-4-3-5-7-11/h3-7H,1,8-9H2,2H3. The lowest BCUT2D eigenvalue weighted by molar-refractivity contribution is -0.136. The quantitative estimate of drug-likeness (QED) is 0.441. The van der Waals surface area contributed by atoms with Crippen LogP contribution >= 0.6 is 0 Å². The number of ether oxygens (including phenoxy) is 2. The van der Waals surface area contributed by atoms with Crippen LogP contribution in [0.5, 0.6) is 0 Å². The first-order chi connectivity index (χ1) is 7.68. The number of esters is 1. The third kappa shape index (κ3) is 1.99. The van der Waals surface area contributed by atoms with E-state index in [0.717, 1.165) is 5.56 Å². The Hall–Kier alpha value is -1.61. The summed E-state index contributed by atoms with van der Waals surface area (Å²) in [5.74, 6) is -0.370. The molecule has 16 heavy (non-hydrogen) atoms. The van der Waals surface area contributed by atoms with Gasteiger partial charge in [0.25, 0.3) is 0 Å². The van der Waals surface area contributed by atoms with Crippen molar-refractivity contribution in [3.63, 3.8) is 0 Å². The van der Waals surface area contributed by atoms with Gasteiger partial charge < -0.3 is 9.47 Å². The van der Waals surface area contributed by atoms with E-state index in [4.69, 9.17) is 4.74 Å². The Labute approximate surface area is 94.7 Å². The van der Waals surface area contributed by atoms with Gasteiger partial charge in [-0.2, -0.15) is 0 Å². The lowest BCUT2D eigenvalue weighted by Gasteiger charge is -2.12. The lowest BCUT2D eigenvalue weighted by Crippen LogP contribution is -2.14. The van der Waals surface area contributed by atoms with Crippen LogP contribution in [0.25, 0.3) is 0 Å². The smallest absolute Gasteiger partial charge is 0.333 e. The highest BCUT2D eigenvalue weighted by Crippen LogP contribution is 2.43. The number of methoxy groups -OCH3 is 1. The molecule has 0 bridgehead atoms. The molecule has 84 valence electrons. The van der Waals surface area contributed by atoms with Gasteiger partial charge in [-0.15, -0.1) is 0 Å². The number of carbonyl (C=O) groups excluding carboxylic acids is 1. The second-order valence-electron chi connectivity index (χ2n) is 3.92. The van der Waals surface area contributed by atoms with Gasteiger partial charge in [0.05, 0.1) is 13.7 Å². The topological polar surface area (TPSA) is 38.8 Å². The van der Waals surface area contributed by atoms with E-state index in [1.54, 1.807) is 0 Å². The fraction of sp³-hybridized carbons (Fsp3) is 0.308. The van der Waals surface area contributed by atoms with Crippen molar-refractivity contribution in [1.82, 2.24) is 0 Å². The third-order valence-corrected chi connectivity index (χ3v) is 2.77. The highest BCUT2D eigenvalue weighted by Gasteiger charge is 2.47. The first kappa shape index (κ1) is 10.9. The summed E-state index contributed by atoms with van der Waals surface area (Å²) in [5, 5.41) is 0. The summed E-state index contributed by atoms with van der Waals surface area (Å²) < 4.78 is 10.1. The second kappa shape index (κ2) is 4.10. The molecule has 1 aromatic rings. The maximum Gasteiger partial charge on any atom is 0.333 e. The summed E-state index contributed by atoms with van der Waals surface area (Å²) in [6, 6.07) is 9.86. The average Bonchev–Trinajstić information content (AvgIpc) is 3.10. The average molecular weight is 218 g/mol. The molecular weight excluding hydrogens is 204 g/mol. The van der Waals surface area contributed by atoms with Gasteiger partial charge in [0, 0.05) is 12.0 Å². The second-order valence-corrected chi connectivity index (χ2v) is 3.92. The van der Waals surface area contributed by atoms with Crippen molar-refractivity contribution in [3.8, 4) is 0 Å². The molecule has 1 unspecified atom stereocenters. The van der Waals surface area contributed by atoms with E-state index in [1.807, 2.05) is 30.3 Å². The lowest BCUT2D eigenvalue weighted by atomic mass is 9.93. The first-order valence-electron chi connectivity index (χ1n) is 5.13. The zero-order valence-corrected chi connectivity index (χ0v) is 9.23. The number of carbonyl (C=O) groups is 1. The molecule has 1 saturated heterocycles. The van der Waals surface area contributed by atoms with Crippen LogP contribution < -0.4 is 0 Å². The Morgan fingerprint density at radius 3 is 2.62 bits per heavy atom. The van der Waals surface area contributed by atoms with Gasteiger partial charge in [-0.1, -0.05) is 36.9 Å². The van der Waals surface area contributed by atoms with Gasteiger partial charge in [0.15, 0.2) is 0 Å². The van der Waals surface area contributed by atoms with E-state index >= 15 is 0 Å². The molecular formula is C13H14O3. The summed E-state index contributed by atoms with van der Waals surface area (Å²) in [7, 11) is 1.36. The zero-order chi connectivity index (χ0) is 11.6. The molecule has 2 rings (SSSR count). The van der Waals surface area contributed by atoms with E-state index in [2.05, 4.69) is 11.3 Å². The van der Waals surface area contributed by atoms with E-state index in [9.17, 15) is 4.79 Å². The number of hydrogen-bond acceptors (Lipinski definition) is 3. The van der Waals surface area contributed by atoms with Crippen molar-refractivity contribution in [3.05, 3.63) is 48.0 Å². The van der Waals surface area contributed by atoms with Crippen molar-refractivity contribution in [2.45, 2.75) is 12.0 Å². The van der Waals surface area contributed by atoms with Crippen LogP contribution in [0.3, 0.4) is 0 Å². The van der Waals surface area contributed by atoms with Crippen LogP contribution in [0.15, 0.2) is 42.5 Å². The molecule has 1 heterocycles. The van der Waals surface area contributed by atoms with Crippen molar-refractivity contribution < 1.29 is 14.3 Å². The minimum Gasteiger partial charge on any atom is -0.466 e. The summed E-state index contributed by atoms with van der Waals surface area (Å²) in [4.78, 5) is 11.3. The summed E-state index contributed by atoms with van der Waals surface area (Å²) in [5.41, 5.74) is 1.18. The monoisotopic (exact) mass is 218 g/mol. The molecule has 1 aliphatic heterocycles. The predicted molar refractivity (Wildman–Crippen MR) is 59.8 cm³/mol. The van der Waals surface area contributed by atoms with E-state index in [1.165, 1.54) is 7.11 Å². The maximum atomic E-state index is 11.3. The zero-order valence-electron chi connectivity index (χ0n) is 9.23. The molecule has 0 amide bonds. The molecule has 0 aliphatic carbocycles. The first-order valence-corrected chi connectivity index (χ1v) is 5.13. The Morgan fingerprint density at radius 2 is 2.12 bits per heavy atom. The fourth-order valence-electron chi connectivity index (χ4n) is 1.76. The summed E-state index contributed by atoms with van der Waals surface area (Å²) in [6.45, 7) is 4.35. The number of rotatable bonds is 4. The van der Waals surface area contributed by atoms with Gasteiger partial charge in [-0.3, -0.25) is 0 Å². The normalized spacial score (nSPS) is 22.6. The van der Waals surface area contributed by atoms with Crippen LogP contribution in [0.4, 0.5) is 0 Å². The molecule has 3 heteroatoms. The van der Waals surface area contributed by atoms with Gasteiger partial charge in [-0.05, 0) is 5.56 Å². The highest BCUT2D eigenvalue weighted by molar-refractivity contribution is 5.87.